The summed E-state index contributed by atoms with van der Waals surface area (Å²) < 4.78 is 86.8. The fourth-order valence-corrected chi connectivity index (χ4v) is 14.2. The highest BCUT2D eigenvalue weighted by molar-refractivity contribution is 6.13. The number of esters is 1. The van der Waals surface area contributed by atoms with Crippen LogP contribution in [0.4, 0.5) is 32.0 Å². The van der Waals surface area contributed by atoms with E-state index in [1.54, 1.807) is 14.2 Å². The molecule has 89 heavy (non-hydrogen) atoms. The van der Waals surface area contributed by atoms with E-state index < -0.39 is 101 Å². The number of hydrazine groups is 1. The zero-order valence-electron chi connectivity index (χ0n) is 49.2. The molecule has 1 saturated carbocycles. The Morgan fingerprint density at radius 2 is 1.52 bits per heavy atom. The molecule has 9 atom stereocenters. The maximum atomic E-state index is 15.3. The molecule has 7 aliphatic rings. The predicted octanol–water partition coefficient (Wildman–Crippen LogP) is 2.89. The van der Waals surface area contributed by atoms with Crippen LogP contribution in [0.2, 0.25) is 0 Å². The van der Waals surface area contributed by atoms with Crippen LogP contribution < -0.4 is 25.8 Å². The third-order valence-electron chi connectivity index (χ3n) is 17.8. The number of alkyl halides is 6. The van der Waals surface area contributed by atoms with E-state index in [2.05, 4.69) is 56.1 Å². The van der Waals surface area contributed by atoms with Gasteiger partial charge in [0.1, 0.15) is 23.9 Å². The lowest BCUT2D eigenvalue weighted by Crippen LogP contribution is -2.82. The van der Waals surface area contributed by atoms with E-state index in [4.69, 9.17) is 38.7 Å². The smallest absolute Gasteiger partial charge is 0.490 e. The number of carbonyl (C=O) groups excluding carboxylic acids is 6. The molecule has 0 radical (unpaired) electrons. The molecule has 24 nitrogen and oxygen atoms in total. The number of H-pyrrole nitrogens is 1. The van der Waals surface area contributed by atoms with Gasteiger partial charge in [0, 0.05) is 116 Å². The highest BCUT2D eigenvalue weighted by Crippen LogP contribution is 2.67. The summed E-state index contributed by atoms with van der Waals surface area (Å²) in [5, 5.41) is 44.2. The van der Waals surface area contributed by atoms with Gasteiger partial charge in [-0.15, -0.1) is 0 Å². The van der Waals surface area contributed by atoms with Gasteiger partial charge in [0.2, 0.25) is 5.91 Å². The molecule has 2 aromatic carbocycles. The number of ether oxygens (including phenoxy) is 4. The number of methoxy groups -OCH3 is 2. The molecule has 1 saturated heterocycles. The second-order valence-corrected chi connectivity index (χ2v) is 22.6. The molecule has 7 heterocycles. The largest absolute Gasteiger partial charge is 0.496 e. The molecule has 2 fully saturated rings. The average Bonchev–Trinajstić information content (AvgIpc) is 1.51. The van der Waals surface area contributed by atoms with Crippen molar-refractivity contribution in [2.24, 2.45) is 11.3 Å². The second kappa shape index (κ2) is 26.3. The fraction of sp³-hybridized carbons (Fsp3) is 0.525. The van der Waals surface area contributed by atoms with Crippen LogP contribution in [-0.2, 0) is 69.9 Å². The van der Waals surface area contributed by atoms with Gasteiger partial charge in [-0.2, -0.15) is 26.3 Å². The van der Waals surface area contributed by atoms with E-state index in [1.165, 1.54) is 12.7 Å². The molecule has 3 aromatic rings. The van der Waals surface area contributed by atoms with Crippen molar-refractivity contribution in [2.75, 3.05) is 91.9 Å². The van der Waals surface area contributed by atoms with Crippen LogP contribution in [0.3, 0.4) is 0 Å². The molecule has 484 valence electrons. The summed E-state index contributed by atoms with van der Waals surface area (Å²) >= 11 is 0. The first kappa shape index (κ1) is 67.0. The number of nitrogens with zero attached hydrogens (tertiary/aromatic N) is 4. The number of aliphatic hydroxyl groups excluding tert-OH is 1. The SMILES string of the molecule is CCC1=CC2CN(C1)Cc1c([nH]c3ccccc13)[C@@](C(=O)OC)(c1cc3c(cc1OC)N(C)C1[C@]34CCN3CC=C[C@](CC)(C34)[C@@H](O)[C@]1(O)C(=O)NNC(=O)COCCOCCNC(=O)CCN1C(=O)C=CC1=O)C2.O=C(O)C(F)(F)F.O=C(O)C(F)(F)F. The number of carbonyl (C=O) groups is 8. The van der Waals surface area contributed by atoms with Crippen LogP contribution in [0.15, 0.2) is 72.4 Å². The molecule has 1 aromatic heterocycles. The fourth-order valence-electron chi connectivity index (χ4n) is 14.2. The van der Waals surface area contributed by atoms with Crippen molar-refractivity contribution in [1.82, 2.24) is 35.9 Å². The number of aromatic nitrogens is 1. The summed E-state index contributed by atoms with van der Waals surface area (Å²) in [6.07, 6.45) is -1.16. The van der Waals surface area contributed by atoms with Gasteiger partial charge in [-0.05, 0) is 61.4 Å². The molecule has 30 heteroatoms. The van der Waals surface area contributed by atoms with Crippen molar-refractivity contribution < 1.29 is 104 Å². The quantitative estimate of drug-likeness (QED) is 0.0241. The normalized spacial score (nSPS) is 27.2. The number of likely N-dealkylation sites (N-methyl/N-ethyl adjacent to an activating group) is 1. The van der Waals surface area contributed by atoms with Gasteiger partial charge in [0.15, 0.2) is 5.60 Å². The Morgan fingerprint density at radius 1 is 0.854 bits per heavy atom. The van der Waals surface area contributed by atoms with Crippen molar-refractivity contribution >= 4 is 64.0 Å². The standard InChI is InChI=1S/C55H68N8O12.2C2HF3O2/c1-6-33-25-34-28-54(51(70)73-5,46-36(31-61(29-33)30-34)35-11-8-9-12-39(35)57-46)38-26-37-40(27-41(38)72-4)60(3)48-53(37)17-21-62-19-10-16-52(7-2,47(53)62)49(68)55(48,71)50(69)59-58-43(65)32-75-24-23-74-22-18-56-42(64)15-20-63-44(66)13-14-45(63)67;2*3-2(4,5)1(6)7/h8-14,16,25-27,34,47-49,57,68,71H,6-7,15,17-24,28-32H2,1-5H3,(H,56,64)(H,58,65)(H,59,69);2*(H,6,7)/t34?,47?,48?,49-,52-,53-,54+,55+;;/m1../s1. The van der Waals surface area contributed by atoms with Gasteiger partial charge >= 0.3 is 30.3 Å². The van der Waals surface area contributed by atoms with E-state index in [0.29, 0.717) is 55.9 Å². The molecular weight excluding hydrogens is 1190 g/mol. The van der Waals surface area contributed by atoms with Gasteiger partial charge in [-0.1, -0.05) is 55.8 Å². The van der Waals surface area contributed by atoms with Crippen molar-refractivity contribution in [1.29, 1.82) is 0 Å². The number of carboxylic acid groups (broad SMARTS) is 2. The lowest BCUT2D eigenvalue weighted by atomic mass is 9.47. The number of aliphatic hydroxyl groups is 2. The van der Waals surface area contributed by atoms with Crippen molar-refractivity contribution in [3.8, 4) is 5.75 Å². The van der Waals surface area contributed by atoms with Crippen LogP contribution in [0, 0.1) is 11.3 Å². The first-order chi connectivity index (χ1) is 42.0. The Labute approximate surface area is 505 Å². The molecule has 2 bridgehead atoms. The zero-order chi connectivity index (χ0) is 65.2. The molecule has 1 spiro atoms. The van der Waals surface area contributed by atoms with Crippen molar-refractivity contribution in [2.45, 2.75) is 99.5 Å². The van der Waals surface area contributed by atoms with E-state index >= 15 is 4.79 Å². The molecule has 5 amide bonds. The topological polar surface area (TPSA) is 319 Å². The highest BCUT2D eigenvalue weighted by atomic mass is 19.4. The summed E-state index contributed by atoms with van der Waals surface area (Å²) in [7, 11) is 4.81. The molecule has 8 N–H and O–H groups in total. The summed E-state index contributed by atoms with van der Waals surface area (Å²) in [5.41, 5.74) is 4.80. The Morgan fingerprint density at radius 3 is 2.15 bits per heavy atom. The number of hydrogen-bond acceptors (Lipinski definition) is 17. The number of anilines is 1. The van der Waals surface area contributed by atoms with Crippen LogP contribution in [0.25, 0.3) is 10.9 Å². The number of amides is 5. The molecule has 6 aliphatic heterocycles. The number of para-hydroxylation sites is 1. The van der Waals surface area contributed by atoms with E-state index in [0.717, 1.165) is 64.3 Å². The van der Waals surface area contributed by atoms with Crippen LogP contribution in [-0.4, -0.2) is 211 Å². The number of benzene rings is 2. The van der Waals surface area contributed by atoms with E-state index in [-0.39, 0.29) is 51.2 Å². The minimum absolute atomic E-state index is 0.000917. The Kier molecular flexibility index (Phi) is 19.8. The van der Waals surface area contributed by atoms with Crippen LogP contribution in [0.5, 0.6) is 5.75 Å². The number of aliphatic carboxylic acids is 2. The van der Waals surface area contributed by atoms with Crippen LogP contribution >= 0.6 is 0 Å². The van der Waals surface area contributed by atoms with Crippen molar-refractivity contribution in [3.05, 3.63) is 94.7 Å². The van der Waals surface area contributed by atoms with Gasteiger partial charge < -0.3 is 54.6 Å². The Balaban J connectivity index is 0.000000656. The number of aromatic amines is 1. The van der Waals surface area contributed by atoms with Gasteiger partial charge in [0.05, 0.1) is 40.1 Å². The Bertz CT molecular complexity index is 3310. The molecular formula is C59H70F6N8O16. The third kappa shape index (κ3) is 12.4. The van der Waals surface area contributed by atoms with Crippen molar-refractivity contribution in [3.63, 3.8) is 0 Å². The third-order valence-corrected chi connectivity index (χ3v) is 17.8. The first-order valence-corrected chi connectivity index (χ1v) is 28.5. The highest BCUT2D eigenvalue weighted by Gasteiger charge is 2.79. The number of halogens is 6. The summed E-state index contributed by atoms with van der Waals surface area (Å²) in [4.78, 5) is 108. The number of hydrogen-bond donors (Lipinski definition) is 8. The zero-order valence-corrected chi connectivity index (χ0v) is 49.2. The predicted molar refractivity (Wildman–Crippen MR) is 301 cm³/mol. The lowest BCUT2D eigenvalue weighted by molar-refractivity contribution is -0.204. The van der Waals surface area contributed by atoms with Crippen LogP contribution in [0.1, 0.15) is 68.3 Å². The first-order valence-electron chi connectivity index (χ1n) is 28.5. The molecule has 4 unspecified atom stereocenters. The van der Waals surface area contributed by atoms with Gasteiger partial charge in [-0.25, -0.2) is 9.59 Å². The monoisotopic (exact) mass is 1260 g/mol. The minimum Gasteiger partial charge on any atom is -0.496 e. The second-order valence-electron chi connectivity index (χ2n) is 22.6. The van der Waals surface area contributed by atoms with Gasteiger partial charge in [0.25, 0.3) is 23.6 Å². The summed E-state index contributed by atoms with van der Waals surface area (Å²) in [6, 6.07) is 10.6. The number of nitrogens with one attached hydrogen (secondary N) is 4. The number of fused-ring (bicyclic) bond motifs is 6. The maximum Gasteiger partial charge on any atom is 0.490 e. The maximum absolute atomic E-state index is 15.3. The van der Waals surface area contributed by atoms with E-state index in [1.807, 2.05) is 48.2 Å². The summed E-state index contributed by atoms with van der Waals surface area (Å²) in [5.74, 6) is -8.55. The Hall–Kier alpha value is -7.90. The molecule has 10 rings (SSSR count). The minimum atomic E-state index is -5.08. The number of imide groups is 1. The summed E-state index contributed by atoms with van der Waals surface area (Å²) in [6.45, 7) is 7.36. The number of rotatable bonds is 17. The number of carboxylic acids is 2. The van der Waals surface area contributed by atoms with E-state index in [9.17, 15) is 60.5 Å². The lowest BCUT2D eigenvalue weighted by Gasteiger charge is -2.63. The van der Waals surface area contributed by atoms with Gasteiger partial charge in [-0.3, -0.25) is 54.3 Å². The average molecular weight is 1260 g/mol. The molecule has 1 aliphatic carbocycles.